The Bertz CT molecular complexity index is 918. The molecule has 2 aromatic carbocycles. The van der Waals surface area contributed by atoms with Gasteiger partial charge in [-0.2, -0.15) is 0 Å². The van der Waals surface area contributed by atoms with Crippen LogP contribution in [0.2, 0.25) is 5.02 Å². The molecule has 3 rings (SSSR count). The molecule has 27 heavy (non-hydrogen) atoms. The summed E-state index contributed by atoms with van der Waals surface area (Å²) >= 11 is 10.8. The molecule has 2 aromatic rings. The number of benzene rings is 2. The van der Waals surface area contributed by atoms with E-state index in [9.17, 15) is 9.59 Å². The summed E-state index contributed by atoms with van der Waals surface area (Å²) in [6.07, 6.45) is 0.134. The molecule has 5 nitrogen and oxygen atoms in total. The van der Waals surface area contributed by atoms with Crippen molar-refractivity contribution in [2.24, 2.45) is 4.99 Å². The van der Waals surface area contributed by atoms with E-state index in [-0.39, 0.29) is 18.2 Å². The van der Waals surface area contributed by atoms with Crippen LogP contribution in [-0.4, -0.2) is 29.3 Å². The van der Waals surface area contributed by atoms with Crippen molar-refractivity contribution in [2.45, 2.75) is 18.6 Å². The number of nitrogens with zero attached hydrogens (tertiary/aromatic N) is 2. The second kappa shape index (κ2) is 8.46. The van der Waals surface area contributed by atoms with Gasteiger partial charge < -0.3 is 5.32 Å². The fraction of sp³-hybridized carbons (Fsp3) is 0.211. The van der Waals surface area contributed by atoms with E-state index in [4.69, 9.17) is 11.6 Å². The SMILES string of the molecule is CN=C(Nc1ccc(C)c(Cl)c1)SC1CC(=O)N(c2ccc(Br)cc2)C1=O. The van der Waals surface area contributed by atoms with Gasteiger partial charge in [0.2, 0.25) is 11.8 Å². The first kappa shape index (κ1) is 19.9. The lowest BCUT2D eigenvalue weighted by Gasteiger charge is -2.16. The average molecular weight is 467 g/mol. The van der Waals surface area contributed by atoms with Gasteiger partial charge in [-0.15, -0.1) is 0 Å². The van der Waals surface area contributed by atoms with E-state index < -0.39 is 5.25 Å². The Morgan fingerprint density at radius 3 is 2.59 bits per heavy atom. The minimum Gasteiger partial charge on any atom is -0.335 e. The van der Waals surface area contributed by atoms with Crippen LogP contribution >= 0.6 is 39.3 Å². The molecular formula is C19H17BrClN3O2S. The molecule has 8 heteroatoms. The lowest BCUT2D eigenvalue weighted by molar-refractivity contribution is -0.121. The molecule has 0 radical (unpaired) electrons. The van der Waals surface area contributed by atoms with E-state index >= 15 is 0 Å². The molecule has 1 fully saturated rings. The zero-order valence-electron chi connectivity index (χ0n) is 14.7. The summed E-state index contributed by atoms with van der Waals surface area (Å²) in [7, 11) is 1.64. The first-order valence-corrected chi connectivity index (χ1v) is 10.2. The molecule has 1 saturated heterocycles. The third kappa shape index (κ3) is 4.54. The minimum absolute atomic E-state index is 0.134. The summed E-state index contributed by atoms with van der Waals surface area (Å²) < 4.78 is 0.887. The highest BCUT2D eigenvalue weighted by Gasteiger charge is 2.40. The van der Waals surface area contributed by atoms with Gasteiger partial charge >= 0.3 is 0 Å². The highest BCUT2D eigenvalue weighted by molar-refractivity contribution is 9.10. The standard InChI is InChI=1S/C19H17BrClN3O2S/c1-11-3-6-13(9-15(11)21)23-19(22-2)27-16-10-17(25)24(18(16)26)14-7-4-12(20)5-8-14/h3-9,16H,10H2,1-2H3,(H,22,23). The van der Waals surface area contributed by atoms with Crippen LogP contribution < -0.4 is 10.2 Å². The lowest BCUT2D eigenvalue weighted by atomic mass is 10.2. The maximum atomic E-state index is 12.8. The smallest absolute Gasteiger partial charge is 0.247 e. The lowest BCUT2D eigenvalue weighted by Crippen LogP contribution is -2.31. The van der Waals surface area contributed by atoms with E-state index in [1.165, 1.54) is 16.7 Å². The van der Waals surface area contributed by atoms with Gasteiger partial charge in [0.25, 0.3) is 0 Å². The number of nitrogens with one attached hydrogen (secondary N) is 1. The Balaban J connectivity index is 1.72. The van der Waals surface area contributed by atoms with E-state index in [1.807, 2.05) is 19.1 Å². The molecule has 0 saturated carbocycles. The molecule has 1 atom stereocenters. The van der Waals surface area contributed by atoms with E-state index in [2.05, 4.69) is 26.2 Å². The Labute approximate surface area is 175 Å². The number of aryl methyl sites for hydroxylation is 1. The van der Waals surface area contributed by atoms with Gasteiger partial charge in [-0.1, -0.05) is 45.4 Å². The molecule has 2 amide bonds. The second-order valence-electron chi connectivity index (χ2n) is 5.97. The zero-order valence-corrected chi connectivity index (χ0v) is 17.9. The number of anilines is 2. The monoisotopic (exact) mass is 465 g/mol. The van der Waals surface area contributed by atoms with Gasteiger partial charge in [0.05, 0.1) is 5.69 Å². The molecule has 0 spiro atoms. The molecule has 140 valence electrons. The molecule has 1 heterocycles. The van der Waals surface area contributed by atoms with E-state index in [0.29, 0.717) is 15.9 Å². The largest absolute Gasteiger partial charge is 0.335 e. The molecule has 1 aliphatic heterocycles. The molecule has 1 aliphatic rings. The number of hydrogen-bond donors (Lipinski definition) is 1. The van der Waals surface area contributed by atoms with Crippen LogP contribution in [0.3, 0.4) is 0 Å². The van der Waals surface area contributed by atoms with Crippen molar-refractivity contribution in [3.8, 4) is 0 Å². The number of amides is 2. The molecule has 0 aromatic heterocycles. The molecule has 1 unspecified atom stereocenters. The first-order valence-electron chi connectivity index (χ1n) is 8.18. The molecule has 1 N–H and O–H groups in total. The van der Waals surface area contributed by atoms with Crippen LogP contribution in [0.1, 0.15) is 12.0 Å². The summed E-state index contributed by atoms with van der Waals surface area (Å²) in [5.41, 5.74) is 2.33. The first-order chi connectivity index (χ1) is 12.9. The fourth-order valence-corrected chi connectivity index (χ4v) is 4.05. The number of halogens is 2. The number of carbonyl (C=O) groups is 2. The molecular weight excluding hydrogens is 450 g/mol. The number of imide groups is 1. The van der Waals surface area contributed by atoms with Gasteiger partial charge in [0.15, 0.2) is 5.17 Å². The Morgan fingerprint density at radius 2 is 1.96 bits per heavy atom. The van der Waals surface area contributed by atoms with Crippen LogP contribution in [0.4, 0.5) is 11.4 Å². The average Bonchev–Trinajstić information content (AvgIpc) is 2.92. The number of carbonyl (C=O) groups excluding carboxylic acids is 2. The van der Waals surface area contributed by atoms with Crippen LogP contribution in [0.25, 0.3) is 0 Å². The van der Waals surface area contributed by atoms with Crippen molar-refractivity contribution >= 4 is 67.6 Å². The highest BCUT2D eigenvalue weighted by atomic mass is 79.9. The van der Waals surface area contributed by atoms with Gasteiger partial charge in [0.1, 0.15) is 5.25 Å². The van der Waals surface area contributed by atoms with Crippen molar-refractivity contribution in [3.05, 3.63) is 57.5 Å². The predicted octanol–water partition coefficient (Wildman–Crippen LogP) is 4.87. The van der Waals surface area contributed by atoms with Gasteiger partial charge in [-0.25, -0.2) is 4.90 Å². The van der Waals surface area contributed by atoms with Gasteiger partial charge in [-0.05, 0) is 48.9 Å². The van der Waals surface area contributed by atoms with Crippen molar-refractivity contribution in [1.82, 2.24) is 0 Å². The van der Waals surface area contributed by atoms with Crippen molar-refractivity contribution in [2.75, 3.05) is 17.3 Å². The fourth-order valence-electron chi connectivity index (χ4n) is 2.62. The van der Waals surface area contributed by atoms with Crippen LogP contribution in [0.15, 0.2) is 51.9 Å². The highest BCUT2D eigenvalue weighted by Crippen LogP contribution is 2.31. The number of rotatable bonds is 3. The summed E-state index contributed by atoms with van der Waals surface area (Å²) in [6, 6.07) is 12.7. The van der Waals surface area contributed by atoms with Crippen LogP contribution in [0.5, 0.6) is 0 Å². The summed E-state index contributed by atoms with van der Waals surface area (Å²) in [5, 5.41) is 3.84. The van der Waals surface area contributed by atoms with Crippen LogP contribution in [-0.2, 0) is 9.59 Å². The Morgan fingerprint density at radius 1 is 1.26 bits per heavy atom. The maximum Gasteiger partial charge on any atom is 0.247 e. The topological polar surface area (TPSA) is 61.8 Å². The van der Waals surface area contributed by atoms with Crippen LogP contribution in [0, 0.1) is 6.92 Å². The molecule has 0 aliphatic carbocycles. The van der Waals surface area contributed by atoms with Crippen molar-refractivity contribution in [1.29, 1.82) is 0 Å². The predicted molar refractivity (Wildman–Crippen MR) is 116 cm³/mol. The van der Waals surface area contributed by atoms with Crippen molar-refractivity contribution in [3.63, 3.8) is 0 Å². The zero-order chi connectivity index (χ0) is 19.6. The Hall–Kier alpha value is -1.83. The minimum atomic E-state index is -0.520. The number of amidine groups is 1. The van der Waals surface area contributed by atoms with E-state index in [0.717, 1.165) is 15.7 Å². The summed E-state index contributed by atoms with van der Waals surface area (Å²) in [5.74, 6) is -0.453. The third-order valence-corrected chi connectivity index (χ3v) is 6.17. The van der Waals surface area contributed by atoms with E-state index in [1.54, 1.807) is 37.4 Å². The summed E-state index contributed by atoms with van der Waals surface area (Å²) in [6.45, 7) is 1.93. The summed E-state index contributed by atoms with van der Waals surface area (Å²) in [4.78, 5) is 30.6. The van der Waals surface area contributed by atoms with Crippen molar-refractivity contribution < 1.29 is 9.59 Å². The van der Waals surface area contributed by atoms with Gasteiger partial charge in [-0.3, -0.25) is 14.6 Å². The third-order valence-electron chi connectivity index (χ3n) is 4.07. The number of aliphatic imine (C=N–C) groups is 1. The normalized spacial score (nSPS) is 17.6. The Kier molecular flexibility index (Phi) is 6.24. The molecule has 0 bridgehead atoms. The quantitative estimate of drug-likeness (QED) is 0.398. The number of hydrogen-bond acceptors (Lipinski definition) is 4. The number of thioether (sulfide) groups is 1. The van der Waals surface area contributed by atoms with Gasteiger partial charge in [0, 0.05) is 28.7 Å². The maximum absolute atomic E-state index is 12.8. The second-order valence-corrected chi connectivity index (χ2v) is 8.49.